The molecule has 110 valence electrons. The molecule has 1 fully saturated rings. The van der Waals surface area contributed by atoms with Crippen LogP contribution in [0, 0.1) is 0 Å². The molecule has 0 spiro atoms. The second-order valence-corrected chi connectivity index (χ2v) is 6.56. The van der Waals surface area contributed by atoms with Gasteiger partial charge < -0.3 is 10.1 Å². The minimum atomic E-state index is 0.635. The van der Waals surface area contributed by atoms with Gasteiger partial charge in [-0.2, -0.15) is 0 Å². The molecule has 1 aliphatic carbocycles. The van der Waals surface area contributed by atoms with E-state index in [0.717, 1.165) is 16.8 Å². The van der Waals surface area contributed by atoms with Gasteiger partial charge in [-0.05, 0) is 54.2 Å². The van der Waals surface area contributed by atoms with E-state index in [-0.39, 0.29) is 0 Å². The summed E-state index contributed by atoms with van der Waals surface area (Å²) in [5.74, 6) is 1.62. The zero-order valence-electron chi connectivity index (χ0n) is 12.2. The van der Waals surface area contributed by atoms with Crippen molar-refractivity contribution in [2.75, 3.05) is 7.11 Å². The topological polar surface area (TPSA) is 21.3 Å². The Bertz CT molecular complexity index is 590. The fraction of sp³-hybridized carbons (Fsp3) is 0.333. The van der Waals surface area contributed by atoms with Gasteiger partial charge in [0.25, 0.3) is 0 Å². The van der Waals surface area contributed by atoms with Crippen LogP contribution < -0.4 is 10.1 Å². The van der Waals surface area contributed by atoms with Crippen LogP contribution in [0.2, 0.25) is 0 Å². The number of ether oxygens (including phenoxy) is 1. The molecule has 2 nitrogen and oxygen atoms in total. The molecule has 3 heteroatoms. The molecule has 0 bridgehead atoms. The molecule has 1 aliphatic rings. The minimum absolute atomic E-state index is 0.635. The second-order valence-electron chi connectivity index (χ2n) is 5.65. The summed E-state index contributed by atoms with van der Waals surface area (Å²) in [4.78, 5) is 0. The van der Waals surface area contributed by atoms with Crippen LogP contribution in [0.3, 0.4) is 0 Å². The summed E-state index contributed by atoms with van der Waals surface area (Å²) in [5.41, 5.74) is 2.76. The quantitative estimate of drug-likeness (QED) is 0.861. The molecular formula is C18H20BrNO. The Morgan fingerprint density at radius 1 is 1.14 bits per heavy atom. The van der Waals surface area contributed by atoms with E-state index in [1.807, 2.05) is 0 Å². The van der Waals surface area contributed by atoms with Crippen molar-refractivity contribution in [2.45, 2.75) is 31.3 Å². The fourth-order valence-corrected chi connectivity index (χ4v) is 3.29. The van der Waals surface area contributed by atoms with Crippen molar-refractivity contribution in [3.63, 3.8) is 0 Å². The molecule has 2 aromatic carbocycles. The highest BCUT2D eigenvalue weighted by molar-refractivity contribution is 9.10. The van der Waals surface area contributed by atoms with Crippen LogP contribution in [-0.4, -0.2) is 13.2 Å². The standard InChI is InChI=1S/C18H20BrNO/c1-21-18-7-5-14(6-8-18)15-10-17(11-15)20-12-13-3-2-4-16(19)9-13/h2-9,15,17,20H,10-12H2,1H3. The lowest BCUT2D eigenvalue weighted by atomic mass is 9.76. The Balaban J connectivity index is 1.47. The van der Waals surface area contributed by atoms with Crippen LogP contribution in [0.5, 0.6) is 5.75 Å². The van der Waals surface area contributed by atoms with Gasteiger partial charge in [0.1, 0.15) is 5.75 Å². The van der Waals surface area contributed by atoms with Gasteiger partial charge in [-0.15, -0.1) is 0 Å². The molecular weight excluding hydrogens is 326 g/mol. The van der Waals surface area contributed by atoms with Gasteiger partial charge in [-0.1, -0.05) is 40.2 Å². The molecule has 1 N–H and O–H groups in total. The maximum Gasteiger partial charge on any atom is 0.118 e. The Morgan fingerprint density at radius 2 is 1.90 bits per heavy atom. The van der Waals surface area contributed by atoms with Crippen LogP contribution in [0.15, 0.2) is 53.0 Å². The molecule has 0 amide bonds. The van der Waals surface area contributed by atoms with Crippen LogP contribution in [-0.2, 0) is 6.54 Å². The number of rotatable bonds is 5. The molecule has 1 saturated carbocycles. The van der Waals surface area contributed by atoms with Crippen LogP contribution in [0.1, 0.15) is 29.9 Å². The summed E-state index contributed by atoms with van der Waals surface area (Å²) in [7, 11) is 1.71. The van der Waals surface area contributed by atoms with Crippen molar-refractivity contribution in [3.05, 3.63) is 64.1 Å². The van der Waals surface area contributed by atoms with Gasteiger partial charge in [0, 0.05) is 17.1 Å². The van der Waals surface area contributed by atoms with Crippen molar-refractivity contribution in [2.24, 2.45) is 0 Å². The molecule has 0 saturated heterocycles. The van der Waals surface area contributed by atoms with Gasteiger partial charge in [0.05, 0.1) is 7.11 Å². The number of nitrogens with one attached hydrogen (secondary N) is 1. The van der Waals surface area contributed by atoms with Gasteiger partial charge in [0.15, 0.2) is 0 Å². The minimum Gasteiger partial charge on any atom is -0.497 e. The average molecular weight is 346 g/mol. The highest BCUT2D eigenvalue weighted by Crippen LogP contribution is 2.37. The first-order valence-electron chi connectivity index (χ1n) is 7.36. The first kappa shape index (κ1) is 14.6. The predicted molar refractivity (Wildman–Crippen MR) is 89.7 cm³/mol. The largest absolute Gasteiger partial charge is 0.497 e. The van der Waals surface area contributed by atoms with Gasteiger partial charge >= 0.3 is 0 Å². The summed E-state index contributed by atoms with van der Waals surface area (Å²) < 4.78 is 6.35. The molecule has 0 atom stereocenters. The maximum atomic E-state index is 5.20. The molecule has 2 aromatic rings. The second kappa shape index (κ2) is 6.63. The van der Waals surface area contributed by atoms with E-state index in [0.29, 0.717) is 12.0 Å². The summed E-state index contributed by atoms with van der Waals surface area (Å²) in [6, 6.07) is 17.6. The van der Waals surface area contributed by atoms with E-state index in [4.69, 9.17) is 4.74 Å². The fourth-order valence-electron chi connectivity index (χ4n) is 2.84. The van der Waals surface area contributed by atoms with Crippen LogP contribution in [0.25, 0.3) is 0 Å². The van der Waals surface area contributed by atoms with Gasteiger partial charge in [-0.3, -0.25) is 0 Å². The number of methoxy groups -OCH3 is 1. The van der Waals surface area contributed by atoms with E-state index >= 15 is 0 Å². The summed E-state index contributed by atoms with van der Waals surface area (Å²) >= 11 is 3.51. The third-order valence-corrected chi connectivity index (χ3v) is 4.70. The number of halogens is 1. The van der Waals surface area contributed by atoms with Crippen molar-refractivity contribution in [1.29, 1.82) is 0 Å². The van der Waals surface area contributed by atoms with Crippen LogP contribution >= 0.6 is 15.9 Å². The van der Waals surface area contributed by atoms with Gasteiger partial charge in [0.2, 0.25) is 0 Å². The first-order chi connectivity index (χ1) is 10.2. The SMILES string of the molecule is COc1ccc(C2CC(NCc3cccc(Br)c3)C2)cc1. The Labute approximate surface area is 134 Å². The summed E-state index contributed by atoms with van der Waals surface area (Å²) in [6.45, 7) is 0.944. The Hall–Kier alpha value is -1.32. The van der Waals surface area contributed by atoms with Gasteiger partial charge in [-0.25, -0.2) is 0 Å². The monoisotopic (exact) mass is 345 g/mol. The lowest BCUT2D eigenvalue weighted by molar-refractivity contribution is 0.289. The maximum absolute atomic E-state index is 5.20. The molecule has 3 rings (SSSR count). The van der Waals surface area contributed by atoms with E-state index in [1.54, 1.807) is 7.11 Å². The van der Waals surface area contributed by atoms with Crippen molar-refractivity contribution in [3.8, 4) is 5.75 Å². The number of hydrogen-bond donors (Lipinski definition) is 1. The summed E-state index contributed by atoms with van der Waals surface area (Å²) in [6.07, 6.45) is 2.45. The smallest absolute Gasteiger partial charge is 0.118 e. The van der Waals surface area contributed by atoms with E-state index < -0.39 is 0 Å². The molecule has 0 heterocycles. The number of hydrogen-bond acceptors (Lipinski definition) is 2. The zero-order chi connectivity index (χ0) is 14.7. The van der Waals surface area contributed by atoms with Crippen molar-refractivity contribution < 1.29 is 4.74 Å². The molecule has 21 heavy (non-hydrogen) atoms. The lowest BCUT2D eigenvalue weighted by Crippen LogP contribution is -2.39. The van der Waals surface area contributed by atoms with E-state index in [9.17, 15) is 0 Å². The van der Waals surface area contributed by atoms with Crippen LogP contribution in [0.4, 0.5) is 0 Å². The third-order valence-electron chi connectivity index (χ3n) is 4.21. The van der Waals surface area contributed by atoms with Crippen molar-refractivity contribution in [1.82, 2.24) is 5.32 Å². The highest BCUT2D eigenvalue weighted by atomic mass is 79.9. The Kier molecular flexibility index (Phi) is 4.61. The normalized spacial score (nSPS) is 20.9. The lowest BCUT2D eigenvalue weighted by Gasteiger charge is -2.36. The van der Waals surface area contributed by atoms with E-state index in [2.05, 4.69) is 69.8 Å². The third kappa shape index (κ3) is 3.66. The molecule has 0 aliphatic heterocycles. The Morgan fingerprint density at radius 3 is 2.57 bits per heavy atom. The van der Waals surface area contributed by atoms with Crippen molar-refractivity contribution >= 4 is 15.9 Å². The average Bonchev–Trinajstić information content (AvgIpc) is 2.46. The molecule has 0 aromatic heterocycles. The van der Waals surface area contributed by atoms with E-state index in [1.165, 1.54) is 24.0 Å². The molecule has 0 unspecified atom stereocenters. The highest BCUT2D eigenvalue weighted by Gasteiger charge is 2.29. The molecule has 0 radical (unpaired) electrons. The number of benzene rings is 2. The predicted octanol–water partition coefficient (Wildman–Crippen LogP) is 4.49. The summed E-state index contributed by atoms with van der Waals surface area (Å²) in [5, 5.41) is 3.64. The zero-order valence-corrected chi connectivity index (χ0v) is 13.8. The first-order valence-corrected chi connectivity index (χ1v) is 8.15.